The van der Waals surface area contributed by atoms with E-state index >= 15 is 0 Å². The summed E-state index contributed by atoms with van der Waals surface area (Å²) in [5.74, 6) is -3.04. The van der Waals surface area contributed by atoms with E-state index in [4.69, 9.17) is 5.73 Å². The number of imide groups is 1. The SMILES string of the molecule is NC(=O)CC(=O)NCN1C(=O)c2ccc([N+](=O)[O-])cc2C1=O. The van der Waals surface area contributed by atoms with Gasteiger partial charge in [0, 0.05) is 12.1 Å². The summed E-state index contributed by atoms with van der Waals surface area (Å²) in [5, 5.41) is 12.9. The Labute approximate surface area is 123 Å². The number of nitro benzene ring substituents is 1. The van der Waals surface area contributed by atoms with Crippen LogP contribution < -0.4 is 11.1 Å². The number of nitro groups is 1. The van der Waals surface area contributed by atoms with Crippen LogP contribution in [0.1, 0.15) is 27.1 Å². The Morgan fingerprint density at radius 2 is 1.86 bits per heavy atom. The smallest absolute Gasteiger partial charge is 0.270 e. The molecular formula is C12H10N4O6. The van der Waals surface area contributed by atoms with Gasteiger partial charge in [-0.15, -0.1) is 0 Å². The first-order valence-electron chi connectivity index (χ1n) is 6.01. The number of hydrogen-bond donors (Lipinski definition) is 2. The minimum absolute atomic E-state index is 0.0137. The van der Waals surface area contributed by atoms with Gasteiger partial charge >= 0.3 is 0 Å². The molecule has 0 bridgehead atoms. The van der Waals surface area contributed by atoms with Crippen LogP contribution in [0.5, 0.6) is 0 Å². The van der Waals surface area contributed by atoms with Gasteiger partial charge < -0.3 is 11.1 Å². The molecular weight excluding hydrogens is 296 g/mol. The first kappa shape index (κ1) is 15.1. The van der Waals surface area contributed by atoms with Crippen LogP contribution in [0.15, 0.2) is 18.2 Å². The van der Waals surface area contributed by atoms with E-state index in [1.165, 1.54) is 6.07 Å². The molecule has 0 saturated heterocycles. The zero-order valence-electron chi connectivity index (χ0n) is 11.1. The lowest BCUT2D eigenvalue weighted by Gasteiger charge is -2.14. The monoisotopic (exact) mass is 306 g/mol. The topological polar surface area (TPSA) is 153 Å². The van der Waals surface area contributed by atoms with Crippen molar-refractivity contribution in [2.75, 3.05) is 6.67 Å². The summed E-state index contributed by atoms with van der Waals surface area (Å²) in [6, 6.07) is 3.29. The normalized spacial score (nSPS) is 13.0. The zero-order chi connectivity index (χ0) is 16.4. The number of rotatable bonds is 5. The van der Waals surface area contributed by atoms with E-state index in [1.807, 2.05) is 0 Å². The summed E-state index contributed by atoms with van der Waals surface area (Å²) < 4.78 is 0. The second-order valence-corrected chi connectivity index (χ2v) is 4.43. The number of amides is 4. The lowest BCUT2D eigenvalue weighted by molar-refractivity contribution is -0.384. The molecule has 0 spiro atoms. The Morgan fingerprint density at radius 1 is 1.23 bits per heavy atom. The molecule has 1 aromatic rings. The number of fused-ring (bicyclic) bond motifs is 1. The molecule has 114 valence electrons. The van der Waals surface area contributed by atoms with Gasteiger partial charge in [0.15, 0.2) is 0 Å². The summed E-state index contributed by atoms with van der Waals surface area (Å²) in [7, 11) is 0. The van der Waals surface area contributed by atoms with Gasteiger partial charge in [0.25, 0.3) is 17.5 Å². The number of primary amides is 1. The Bertz CT molecular complexity index is 714. The molecule has 0 radical (unpaired) electrons. The molecule has 0 saturated carbocycles. The molecule has 4 amide bonds. The number of benzene rings is 1. The Balaban J connectivity index is 2.15. The molecule has 10 nitrogen and oxygen atoms in total. The molecule has 22 heavy (non-hydrogen) atoms. The standard InChI is InChI=1S/C12H10N4O6/c13-9(17)4-10(18)14-5-15-11(19)7-2-1-6(16(21)22)3-8(7)12(15)20/h1-3H,4-5H2,(H2,13,17)(H,14,18). The Hall–Kier alpha value is -3.30. The van der Waals surface area contributed by atoms with E-state index in [2.05, 4.69) is 5.32 Å². The highest BCUT2D eigenvalue weighted by molar-refractivity contribution is 6.21. The Kier molecular flexibility index (Phi) is 3.84. The molecule has 0 aliphatic carbocycles. The number of hydrogen-bond acceptors (Lipinski definition) is 6. The maximum atomic E-state index is 12.1. The van der Waals surface area contributed by atoms with Crippen LogP contribution in [0.25, 0.3) is 0 Å². The van der Waals surface area contributed by atoms with Gasteiger partial charge in [0.05, 0.1) is 16.1 Å². The van der Waals surface area contributed by atoms with E-state index in [0.29, 0.717) is 4.90 Å². The molecule has 1 aromatic carbocycles. The van der Waals surface area contributed by atoms with Crippen molar-refractivity contribution < 1.29 is 24.1 Å². The van der Waals surface area contributed by atoms with E-state index < -0.39 is 41.6 Å². The third-order valence-electron chi connectivity index (χ3n) is 2.93. The van der Waals surface area contributed by atoms with Crippen molar-refractivity contribution in [1.82, 2.24) is 10.2 Å². The van der Waals surface area contributed by atoms with Crippen molar-refractivity contribution in [2.45, 2.75) is 6.42 Å². The molecule has 1 heterocycles. The van der Waals surface area contributed by atoms with Crippen molar-refractivity contribution >= 4 is 29.3 Å². The second kappa shape index (κ2) is 5.60. The van der Waals surface area contributed by atoms with E-state index in [-0.39, 0.29) is 16.8 Å². The van der Waals surface area contributed by atoms with Gasteiger partial charge in [-0.3, -0.25) is 34.2 Å². The lowest BCUT2D eigenvalue weighted by atomic mass is 10.1. The molecule has 0 atom stereocenters. The fourth-order valence-corrected chi connectivity index (χ4v) is 1.92. The highest BCUT2D eigenvalue weighted by Crippen LogP contribution is 2.26. The van der Waals surface area contributed by atoms with Crippen LogP contribution in [0.4, 0.5) is 5.69 Å². The first-order chi connectivity index (χ1) is 10.3. The summed E-state index contributed by atoms with van der Waals surface area (Å²) in [4.78, 5) is 56.6. The van der Waals surface area contributed by atoms with Gasteiger partial charge in [-0.05, 0) is 6.07 Å². The fourth-order valence-electron chi connectivity index (χ4n) is 1.92. The summed E-state index contributed by atoms with van der Waals surface area (Å²) in [6.07, 6.45) is -0.575. The molecule has 1 aliphatic rings. The third kappa shape index (κ3) is 2.75. The molecule has 0 unspecified atom stereocenters. The minimum Gasteiger partial charge on any atom is -0.369 e. The number of nitrogens with one attached hydrogen (secondary N) is 1. The Morgan fingerprint density at radius 3 is 2.45 bits per heavy atom. The summed E-state index contributed by atoms with van der Waals surface area (Å²) in [5.41, 5.74) is 4.42. The number of non-ortho nitro benzene ring substituents is 1. The molecule has 2 rings (SSSR count). The van der Waals surface area contributed by atoms with Crippen LogP contribution in [0, 0.1) is 10.1 Å². The van der Waals surface area contributed by atoms with Crippen molar-refractivity contribution in [1.29, 1.82) is 0 Å². The molecule has 0 fully saturated rings. The van der Waals surface area contributed by atoms with Gasteiger partial charge in [0.2, 0.25) is 11.8 Å². The maximum Gasteiger partial charge on any atom is 0.270 e. The van der Waals surface area contributed by atoms with Gasteiger partial charge in [-0.1, -0.05) is 0 Å². The second-order valence-electron chi connectivity index (χ2n) is 4.43. The van der Waals surface area contributed by atoms with E-state index in [1.54, 1.807) is 0 Å². The minimum atomic E-state index is -0.851. The molecule has 10 heteroatoms. The van der Waals surface area contributed by atoms with Gasteiger partial charge in [0.1, 0.15) is 13.1 Å². The lowest BCUT2D eigenvalue weighted by Crippen LogP contribution is -2.41. The van der Waals surface area contributed by atoms with Crippen molar-refractivity contribution in [3.8, 4) is 0 Å². The molecule has 3 N–H and O–H groups in total. The number of carbonyl (C=O) groups is 4. The number of carbonyl (C=O) groups excluding carboxylic acids is 4. The zero-order valence-corrected chi connectivity index (χ0v) is 11.1. The average Bonchev–Trinajstić information content (AvgIpc) is 2.67. The number of nitrogens with two attached hydrogens (primary N) is 1. The van der Waals surface area contributed by atoms with Crippen LogP contribution in [-0.2, 0) is 9.59 Å². The largest absolute Gasteiger partial charge is 0.369 e. The van der Waals surface area contributed by atoms with E-state index in [9.17, 15) is 29.3 Å². The van der Waals surface area contributed by atoms with Crippen molar-refractivity contribution in [3.05, 3.63) is 39.4 Å². The van der Waals surface area contributed by atoms with Gasteiger partial charge in [-0.25, -0.2) is 0 Å². The summed E-state index contributed by atoms with van der Waals surface area (Å²) in [6.45, 7) is -0.452. The fraction of sp³-hybridized carbons (Fsp3) is 0.167. The average molecular weight is 306 g/mol. The highest BCUT2D eigenvalue weighted by atomic mass is 16.6. The maximum absolute atomic E-state index is 12.1. The van der Waals surface area contributed by atoms with Crippen molar-refractivity contribution in [2.24, 2.45) is 5.73 Å². The van der Waals surface area contributed by atoms with E-state index in [0.717, 1.165) is 12.1 Å². The number of nitrogens with zero attached hydrogens (tertiary/aromatic N) is 2. The molecule has 0 aromatic heterocycles. The predicted octanol–water partition coefficient (Wildman–Crippen LogP) is -0.860. The first-order valence-corrected chi connectivity index (χ1v) is 6.01. The quantitative estimate of drug-likeness (QED) is 0.312. The van der Waals surface area contributed by atoms with Gasteiger partial charge in [-0.2, -0.15) is 0 Å². The van der Waals surface area contributed by atoms with Crippen molar-refractivity contribution in [3.63, 3.8) is 0 Å². The molecule has 1 aliphatic heterocycles. The van der Waals surface area contributed by atoms with Crippen LogP contribution in [-0.4, -0.2) is 40.1 Å². The van der Waals surface area contributed by atoms with Crippen LogP contribution in [0.2, 0.25) is 0 Å². The third-order valence-corrected chi connectivity index (χ3v) is 2.93. The summed E-state index contributed by atoms with van der Waals surface area (Å²) >= 11 is 0. The van der Waals surface area contributed by atoms with Crippen LogP contribution >= 0.6 is 0 Å². The predicted molar refractivity (Wildman–Crippen MR) is 70.4 cm³/mol. The van der Waals surface area contributed by atoms with Crippen LogP contribution in [0.3, 0.4) is 0 Å². The highest BCUT2D eigenvalue weighted by Gasteiger charge is 2.36.